The van der Waals surface area contributed by atoms with Gasteiger partial charge in [-0.2, -0.15) is 0 Å². The first-order valence-electron chi connectivity index (χ1n) is 6.89. The van der Waals surface area contributed by atoms with Crippen LogP contribution in [0.2, 0.25) is 0 Å². The third-order valence-electron chi connectivity index (χ3n) is 3.24. The van der Waals surface area contributed by atoms with E-state index < -0.39 is 5.97 Å². The molecule has 116 valence electrons. The van der Waals surface area contributed by atoms with Gasteiger partial charge in [0.05, 0.1) is 5.56 Å². The van der Waals surface area contributed by atoms with Crippen LogP contribution in [0.5, 0.6) is 0 Å². The van der Waals surface area contributed by atoms with Crippen LogP contribution in [-0.4, -0.2) is 17.4 Å². The lowest BCUT2D eigenvalue weighted by Crippen LogP contribution is -2.05. The largest absolute Gasteiger partial charge is 0.478 e. The smallest absolute Gasteiger partial charge is 0.337 e. The Labute approximate surface area is 133 Å². The van der Waals surface area contributed by atoms with Gasteiger partial charge in [0.2, 0.25) is 0 Å². The Hall–Kier alpha value is -3.18. The predicted octanol–water partition coefficient (Wildman–Crippen LogP) is 3.32. The summed E-state index contributed by atoms with van der Waals surface area (Å²) in [6, 6.07) is 20.0. The number of hydrazine groups is 1. The van der Waals surface area contributed by atoms with E-state index in [0.29, 0.717) is 11.7 Å². The number of aldehydes is 1. The zero-order chi connectivity index (χ0) is 16.7. The quantitative estimate of drug-likeness (QED) is 0.392. The Morgan fingerprint density at radius 1 is 0.957 bits per heavy atom. The summed E-state index contributed by atoms with van der Waals surface area (Å²) in [6.45, 7) is 0. The van der Waals surface area contributed by atoms with Crippen LogP contribution in [0.25, 0.3) is 10.8 Å². The molecule has 5 heteroatoms. The third-order valence-corrected chi connectivity index (χ3v) is 3.24. The highest BCUT2D eigenvalue weighted by Gasteiger charge is 2.13. The summed E-state index contributed by atoms with van der Waals surface area (Å²) in [7, 11) is 0. The summed E-state index contributed by atoms with van der Waals surface area (Å²) < 4.78 is 0. The van der Waals surface area contributed by atoms with Crippen molar-refractivity contribution in [2.45, 2.75) is 0 Å². The molecule has 0 aliphatic heterocycles. The maximum Gasteiger partial charge on any atom is 0.337 e. The van der Waals surface area contributed by atoms with Crippen LogP contribution in [0.15, 0.2) is 66.7 Å². The van der Waals surface area contributed by atoms with E-state index in [0.717, 1.165) is 11.1 Å². The van der Waals surface area contributed by atoms with Crippen molar-refractivity contribution in [1.29, 1.82) is 0 Å². The molecule has 0 radical (unpaired) electrons. The number of para-hydroxylation sites is 1. The van der Waals surface area contributed by atoms with E-state index in [-0.39, 0.29) is 11.1 Å². The molecular weight excluding hydrogens is 292 g/mol. The van der Waals surface area contributed by atoms with E-state index in [4.69, 9.17) is 10.9 Å². The van der Waals surface area contributed by atoms with Crippen molar-refractivity contribution < 1.29 is 14.7 Å². The highest BCUT2D eigenvalue weighted by molar-refractivity contribution is 6.09. The fourth-order valence-corrected chi connectivity index (χ4v) is 2.16. The Morgan fingerprint density at radius 3 is 2.17 bits per heavy atom. The third kappa shape index (κ3) is 3.93. The van der Waals surface area contributed by atoms with Crippen LogP contribution in [0.4, 0.5) is 5.69 Å². The first kappa shape index (κ1) is 16.2. The number of carboxylic acid groups (broad SMARTS) is 1. The van der Waals surface area contributed by atoms with Crippen molar-refractivity contribution in [1.82, 2.24) is 0 Å². The number of hydrogen-bond acceptors (Lipinski definition) is 4. The monoisotopic (exact) mass is 308 g/mol. The first-order valence-corrected chi connectivity index (χ1v) is 6.89. The number of nitrogens with two attached hydrogens (primary N) is 1. The van der Waals surface area contributed by atoms with Gasteiger partial charge in [-0.1, -0.05) is 54.6 Å². The van der Waals surface area contributed by atoms with E-state index >= 15 is 0 Å². The predicted molar refractivity (Wildman–Crippen MR) is 90.5 cm³/mol. The molecule has 0 saturated heterocycles. The number of anilines is 1. The van der Waals surface area contributed by atoms with Crippen molar-refractivity contribution in [3.05, 3.63) is 77.9 Å². The molecule has 5 nitrogen and oxygen atoms in total. The Morgan fingerprint density at radius 2 is 1.61 bits per heavy atom. The lowest BCUT2D eigenvalue weighted by molar-refractivity contribution is 0.0696. The Kier molecular flexibility index (Phi) is 5.44. The molecule has 3 aromatic carbocycles. The average molecular weight is 308 g/mol. The van der Waals surface area contributed by atoms with Crippen LogP contribution in [0.1, 0.15) is 20.7 Å². The van der Waals surface area contributed by atoms with Gasteiger partial charge in [0.25, 0.3) is 0 Å². The number of nitrogens with one attached hydrogen (secondary N) is 1. The first-order chi connectivity index (χ1) is 11.2. The molecule has 4 N–H and O–H groups in total. The van der Waals surface area contributed by atoms with Gasteiger partial charge in [0.1, 0.15) is 0 Å². The summed E-state index contributed by atoms with van der Waals surface area (Å²) in [4.78, 5) is 21.7. The second kappa shape index (κ2) is 7.72. The molecule has 3 aromatic rings. The second-order valence-electron chi connectivity index (χ2n) is 4.68. The lowest BCUT2D eigenvalue weighted by Gasteiger charge is -2.04. The maximum atomic E-state index is 11.0. The fourth-order valence-electron chi connectivity index (χ4n) is 2.16. The molecule has 0 atom stereocenters. The van der Waals surface area contributed by atoms with Gasteiger partial charge in [-0.25, -0.2) is 4.79 Å². The Bertz CT molecular complexity index is 817. The van der Waals surface area contributed by atoms with E-state index in [2.05, 4.69) is 5.43 Å². The normalized spacial score (nSPS) is 9.61. The van der Waals surface area contributed by atoms with Gasteiger partial charge in [0.15, 0.2) is 6.29 Å². The van der Waals surface area contributed by atoms with Crippen LogP contribution in [0.3, 0.4) is 0 Å². The highest BCUT2D eigenvalue weighted by Crippen LogP contribution is 2.21. The standard InChI is InChI=1S/C12H8O3.C6H8N2/c13-7-9-6-5-8-3-1-2-4-10(8)11(9)12(14)15;7-8-6-4-2-1-3-5-6/h1-7H,(H,14,15);1-5,8H,7H2. The minimum Gasteiger partial charge on any atom is -0.478 e. The molecule has 0 amide bonds. The summed E-state index contributed by atoms with van der Waals surface area (Å²) in [6.07, 6.45) is 0.565. The minimum atomic E-state index is -1.08. The molecule has 0 aliphatic rings. The van der Waals surface area contributed by atoms with Crippen LogP contribution < -0.4 is 11.3 Å². The molecule has 0 heterocycles. The number of aromatic carboxylic acids is 1. The summed E-state index contributed by atoms with van der Waals surface area (Å²) >= 11 is 0. The van der Waals surface area contributed by atoms with Crippen molar-refractivity contribution in [3.8, 4) is 0 Å². The van der Waals surface area contributed by atoms with E-state index in [1.54, 1.807) is 18.2 Å². The van der Waals surface area contributed by atoms with Gasteiger partial charge in [0, 0.05) is 11.3 Å². The summed E-state index contributed by atoms with van der Waals surface area (Å²) in [5, 5.41) is 10.4. The molecule has 0 saturated carbocycles. The Balaban J connectivity index is 0.000000203. The molecule has 0 unspecified atom stereocenters. The van der Waals surface area contributed by atoms with Crippen molar-refractivity contribution in [3.63, 3.8) is 0 Å². The SMILES string of the molecule is NNc1ccccc1.O=Cc1ccc2ccccc2c1C(=O)O. The van der Waals surface area contributed by atoms with Gasteiger partial charge in [-0.05, 0) is 22.9 Å². The molecule has 3 rings (SSSR count). The van der Waals surface area contributed by atoms with Gasteiger partial charge < -0.3 is 10.5 Å². The zero-order valence-corrected chi connectivity index (χ0v) is 12.3. The maximum absolute atomic E-state index is 11.0. The van der Waals surface area contributed by atoms with E-state index in [9.17, 15) is 9.59 Å². The molecule has 0 aliphatic carbocycles. The highest BCUT2D eigenvalue weighted by atomic mass is 16.4. The molecule has 0 fully saturated rings. The van der Waals surface area contributed by atoms with Crippen LogP contribution >= 0.6 is 0 Å². The molecule has 0 aromatic heterocycles. The molecule has 23 heavy (non-hydrogen) atoms. The number of fused-ring (bicyclic) bond motifs is 1. The summed E-state index contributed by atoms with van der Waals surface area (Å²) in [5.41, 5.74) is 3.75. The number of carbonyl (C=O) groups excluding carboxylic acids is 1. The number of rotatable bonds is 3. The van der Waals surface area contributed by atoms with Crippen LogP contribution in [0, 0.1) is 0 Å². The lowest BCUT2D eigenvalue weighted by atomic mass is 10.00. The topological polar surface area (TPSA) is 92.4 Å². The molecule has 0 bridgehead atoms. The van der Waals surface area contributed by atoms with Crippen LogP contribution in [-0.2, 0) is 0 Å². The van der Waals surface area contributed by atoms with Gasteiger partial charge in [-0.3, -0.25) is 10.6 Å². The van der Waals surface area contributed by atoms with Crippen molar-refractivity contribution in [2.75, 3.05) is 5.43 Å². The average Bonchev–Trinajstić information content (AvgIpc) is 2.61. The number of benzene rings is 3. The van der Waals surface area contributed by atoms with E-state index in [1.807, 2.05) is 42.5 Å². The van der Waals surface area contributed by atoms with Gasteiger partial charge >= 0.3 is 5.97 Å². The molecular formula is C18H16N2O3. The van der Waals surface area contributed by atoms with Gasteiger partial charge in [-0.15, -0.1) is 0 Å². The fraction of sp³-hybridized carbons (Fsp3) is 0. The number of carbonyl (C=O) groups is 2. The van der Waals surface area contributed by atoms with E-state index in [1.165, 1.54) is 6.07 Å². The number of nitrogen functional groups attached to an aromatic ring is 1. The molecule has 0 spiro atoms. The zero-order valence-electron chi connectivity index (χ0n) is 12.3. The van der Waals surface area contributed by atoms with Crippen molar-refractivity contribution in [2.24, 2.45) is 5.84 Å². The number of carboxylic acids is 1. The summed E-state index contributed by atoms with van der Waals surface area (Å²) in [5.74, 6) is 4.02. The number of hydrogen-bond donors (Lipinski definition) is 3. The van der Waals surface area contributed by atoms with Crippen molar-refractivity contribution >= 4 is 28.7 Å². The second-order valence-corrected chi connectivity index (χ2v) is 4.68. The minimum absolute atomic E-state index is 0.0723.